The van der Waals surface area contributed by atoms with Crippen molar-refractivity contribution in [3.8, 4) is 5.75 Å². The monoisotopic (exact) mass is 351 g/mol. The zero-order valence-corrected chi connectivity index (χ0v) is 14.2. The van der Waals surface area contributed by atoms with Gasteiger partial charge in [0.15, 0.2) is 0 Å². The Morgan fingerprint density at radius 3 is 2.70 bits per heavy atom. The molecule has 1 N–H and O–H groups in total. The summed E-state index contributed by atoms with van der Waals surface area (Å²) >= 11 is 11.9. The van der Waals surface area contributed by atoms with E-state index in [2.05, 4.69) is 29.2 Å². The molecule has 0 fully saturated rings. The maximum Gasteiger partial charge on any atom is 0.138 e. The molecule has 2 aromatic carbocycles. The fourth-order valence-corrected chi connectivity index (χ4v) is 3.30. The van der Waals surface area contributed by atoms with E-state index in [1.54, 1.807) is 18.2 Å². The number of aliphatic hydroxyl groups is 1. The number of fused-ring (bicyclic) bond motifs is 1. The number of nitrogens with zero attached hydrogens (tertiary/aromatic N) is 1. The molecule has 3 rings (SSSR count). The Morgan fingerprint density at radius 2 is 1.91 bits per heavy atom. The van der Waals surface area contributed by atoms with Crippen LogP contribution in [-0.2, 0) is 13.0 Å². The van der Waals surface area contributed by atoms with Gasteiger partial charge in [-0.3, -0.25) is 4.90 Å². The number of β-amino-alcohol motifs (C(OH)–C–C–N with tert-alkyl or cyclic N) is 1. The Morgan fingerprint density at radius 1 is 1.13 bits per heavy atom. The van der Waals surface area contributed by atoms with Gasteiger partial charge < -0.3 is 9.84 Å². The van der Waals surface area contributed by atoms with Crippen LogP contribution in [0.4, 0.5) is 0 Å². The average molecular weight is 352 g/mol. The van der Waals surface area contributed by atoms with Crippen LogP contribution in [0.1, 0.15) is 11.1 Å². The van der Waals surface area contributed by atoms with Crippen molar-refractivity contribution in [1.82, 2.24) is 4.90 Å². The predicted molar refractivity (Wildman–Crippen MR) is 93.4 cm³/mol. The molecule has 0 bridgehead atoms. The van der Waals surface area contributed by atoms with Crippen LogP contribution in [0.15, 0.2) is 42.5 Å². The lowest BCUT2D eigenvalue weighted by molar-refractivity contribution is 0.0638. The van der Waals surface area contributed by atoms with E-state index in [9.17, 15) is 5.11 Å². The highest BCUT2D eigenvalue weighted by Gasteiger charge is 2.18. The van der Waals surface area contributed by atoms with Crippen molar-refractivity contribution in [3.63, 3.8) is 0 Å². The Labute approximate surface area is 146 Å². The minimum Gasteiger partial charge on any atom is -0.489 e. The molecule has 1 atom stereocenters. The van der Waals surface area contributed by atoms with E-state index in [1.807, 2.05) is 0 Å². The van der Waals surface area contributed by atoms with Crippen LogP contribution >= 0.6 is 23.2 Å². The van der Waals surface area contributed by atoms with Crippen molar-refractivity contribution >= 4 is 23.2 Å². The summed E-state index contributed by atoms with van der Waals surface area (Å²) in [5.74, 6) is 0.541. The number of rotatable bonds is 5. The summed E-state index contributed by atoms with van der Waals surface area (Å²) in [6.45, 7) is 2.61. The topological polar surface area (TPSA) is 32.7 Å². The van der Waals surface area contributed by atoms with Crippen LogP contribution in [0.5, 0.6) is 5.75 Å². The minimum absolute atomic E-state index is 0.208. The summed E-state index contributed by atoms with van der Waals surface area (Å²) in [6, 6.07) is 13.5. The van der Waals surface area contributed by atoms with Gasteiger partial charge in [-0.25, -0.2) is 0 Å². The SMILES string of the molecule is O[C@@H](COc1ccc(Cl)cc1Cl)CN1CCc2ccccc2C1. The van der Waals surface area contributed by atoms with Crippen LogP contribution in [0.2, 0.25) is 10.0 Å². The summed E-state index contributed by atoms with van der Waals surface area (Å²) < 4.78 is 5.60. The van der Waals surface area contributed by atoms with Gasteiger partial charge in [-0.05, 0) is 35.7 Å². The predicted octanol–water partition coefficient (Wildman–Crippen LogP) is 3.79. The molecule has 23 heavy (non-hydrogen) atoms. The summed E-state index contributed by atoms with van der Waals surface area (Å²) in [6.07, 6.45) is 0.458. The van der Waals surface area contributed by atoms with Gasteiger partial charge in [0.1, 0.15) is 18.5 Å². The van der Waals surface area contributed by atoms with Crippen molar-refractivity contribution in [2.45, 2.75) is 19.1 Å². The van der Waals surface area contributed by atoms with Crippen LogP contribution < -0.4 is 4.74 Å². The zero-order valence-electron chi connectivity index (χ0n) is 12.7. The van der Waals surface area contributed by atoms with E-state index in [0.29, 0.717) is 22.3 Å². The van der Waals surface area contributed by atoms with Crippen LogP contribution in [0, 0.1) is 0 Å². The Bertz CT molecular complexity index is 678. The number of halogens is 2. The van der Waals surface area contributed by atoms with Crippen molar-refractivity contribution in [2.24, 2.45) is 0 Å². The van der Waals surface area contributed by atoms with Crippen molar-refractivity contribution in [1.29, 1.82) is 0 Å². The van der Waals surface area contributed by atoms with E-state index in [0.717, 1.165) is 19.5 Å². The lowest BCUT2D eigenvalue weighted by atomic mass is 10.00. The summed E-state index contributed by atoms with van der Waals surface area (Å²) in [4.78, 5) is 2.25. The Hall–Kier alpha value is -1.26. The molecule has 3 nitrogen and oxygen atoms in total. The maximum atomic E-state index is 10.2. The number of benzene rings is 2. The molecule has 0 unspecified atom stereocenters. The van der Waals surface area contributed by atoms with Crippen LogP contribution in [0.25, 0.3) is 0 Å². The second-order valence-electron chi connectivity index (χ2n) is 5.79. The van der Waals surface area contributed by atoms with Gasteiger partial charge in [0.2, 0.25) is 0 Å². The molecule has 5 heteroatoms. The molecular formula is C18H19Cl2NO2. The van der Waals surface area contributed by atoms with Gasteiger partial charge in [-0.1, -0.05) is 47.5 Å². The van der Waals surface area contributed by atoms with Crippen molar-refractivity contribution < 1.29 is 9.84 Å². The molecule has 0 aliphatic carbocycles. The van der Waals surface area contributed by atoms with Gasteiger partial charge in [0, 0.05) is 24.7 Å². The summed E-state index contributed by atoms with van der Waals surface area (Å²) in [7, 11) is 0. The summed E-state index contributed by atoms with van der Waals surface area (Å²) in [5.41, 5.74) is 2.75. The molecule has 0 spiro atoms. The fourth-order valence-electron chi connectivity index (χ4n) is 2.84. The molecule has 0 aromatic heterocycles. The lowest BCUT2D eigenvalue weighted by Gasteiger charge is -2.30. The Balaban J connectivity index is 1.51. The summed E-state index contributed by atoms with van der Waals surface area (Å²) in [5, 5.41) is 11.2. The molecule has 122 valence electrons. The highest BCUT2D eigenvalue weighted by Crippen LogP contribution is 2.27. The van der Waals surface area contributed by atoms with Gasteiger partial charge >= 0.3 is 0 Å². The molecule has 1 heterocycles. The van der Waals surface area contributed by atoms with Gasteiger partial charge in [0.25, 0.3) is 0 Å². The van der Waals surface area contributed by atoms with Gasteiger partial charge in [-0.2, -0.15) is 0 Å². The minimum atomic E-state index is -0.563. The molecular weight excluding hydrogens is 333 g/mol. The molecule has 0 saturated heterocycles. The zero-order chi connectivity index (χ0) is 16.2. The van der Waals surface area contributed by atoms with E-state index in [-0.39, 0.29) is 6.61 Å². The second kappa shape index (κ2) is 7.54. The first-order valence-corrected chi connectivity index (χ1v) is 8.42. The van der Waals surface area contributed by atoms with Crippen molar-refractivity contribution in [2.75, 3.05) is 19.7 Å². The van der Waals surface area contributed by atoms with E-state index < -0.39 is 6.10 Å². The first-order chi connectivity index (χ1) is 11.1. The average Bonchev–Trinajstić information content (AvgIpc) is 2.54. The third kappa shape index (κ3) is 4.39. The highest BCUT2D eigenvalue weighted by molar-refractivity contribution is 6.35. The third-order valence-electron chi connectivity index (χ3n) is 4.00. The molecule has 1 aliphatic rings. The molecule has 0 amide bonds. The second-order valence-corrected chi connectivity index (χ2v) is 6.64. The number of ether oxygens (including phenoxy) is 1. The molecule has 0 saturated carbocycles. The standard InChI is InChI=1S/C18H19Cl2NO2/c19-15-5-6-18(17(20)9-15)23-12-16(22)11-21-8-7-13-3-1-2-4-14(13)10-21/h1-6,9,16,22H,7-8,10-12H2/t16-/m1/s1. The number of aliphatic hydroxyl groups excluding tert-OH is 1. The van der Waals surface area contributed by atoms with Crippen LogP contribution in [-0.4, -0.2) is 35.8 Å². The lowest BCUT2D eigenvalue weighted by Crippen LogP contribution is -2.38. The smallest absolute Gasteiger partial charge is 0.138 e. The molecule has 1 aliphatic heterocycles. The van der Waals surface area contributed by atoms with E-state index >= 15 is 0 Å². The quantitative estimate of drug-likeness (QED) is 0.889. The fraction of sp³-hybridized carbons (Fsp3) is 0.333. The maximum absolute atomic E-state index is 10.2. The van der Waals surface area contributed by atoms with E-state index in [1.165, 1.54) is 11.1 Å². The molecule has 0 radical (unpaired) electrons. The van der Waals surface area contributed by atoms with Crippen LogP contribution in [0.3, 0.4) is 0 Å². The third-order valence-corrected chi connectivity index (χ3v) is 4.53. The van der Waals surface area contributed by atoms with Gasteiger partial charge in [-0.15, -0.1) is 0 Å². The Kier molecular flexibility index (Phi) is 5.44. The number of hydrogen-bond acceptors (Lipinski definition) is 3. The number of hydrogen-bond donors (Lipinski definition) is 1. The van der Waals surface area contributed by atoms with E-state index in [4.69, 9.17) is 27.9 Å². The molecule has 2 aromatic rings. The largest absolute Gasteiger partial charge is 0.489 e. The highest BCUT2D eigenvalue weighted by atomic mass is 35.5. The first kappa shape index (κ1) is 16.6. The van der Waals surface area contributed by atoms with Gasteiger partial charge in [0.05, 0.1) is 5.02 Å². The van der Waals surface area contributed by atoms with Crippen molar-refractivity contribution in [3.05, 3.63) is 63.6 Å². The normalized spacial score (nSPS) is 16.0. The first-order valence-electron chi connectivity index (χ1n) is 7.67.